The molecule has 0 spiro atoms. The Morgan fingerprint density at radius 2 is 1.80 bits per heavy atom. The minimum Gasteiger partial charge on any atom is -0.457 e. The van der Waals surface area contributed by atoms with Gasteiger partial charge in [0.2, 0.25) is 0 Å². The molecule has 0 saturated heterocycles. The van der Waals surface area contributed by atoms with Crippen LogP contribution >= 0.6 is 0 Å². The van der Waals surface area contributed by atoms with Crippen LogP contribution in [-0.4, -0.2) is 17.7 Å². The van der Waals surface area contributed by atoms with Gasteiger partial charge in [-0.15, -0.1) is 0 Å². The molecule has 2 aromatic rings. The van der Waals surface area contributed by atoms with Crippen molar-refractivity contribution in [3.63, 3.8) is 0 Å². The highest BCUT2D eigenvalue weighted by molar-refractivity contribution is 5.34. The standard InChI is InChI=1S/C17H19NO2/c19-17(12-18-14-9-10-14)13-5-4-8-16(11-13)20-15-6-2-1-3-7-15/h1-8,11,14,17-19H,9-10,12H2. The van der Waals surface area contributed by atoms with E-state index in [1.54, 1.807) is 0 Å². The highest BCUT2D eigenvalue weighted by Crippen LogP contribution is 2.25. The number of rotatable bonds is 6. The van der Waals surface area contributed by atoms with Crippen LogP contribution in [0.4, 0.5) is 0 Å². The van der Waals surface area contributed by atoms with Gasteiger partial charge in [0.25, 0.3) is 0 Å². The second-order valence-electron chi connectivity index (χ2n) is 5.19. The Kier molecular flexibility index (Phi) is 4.00. The Labute approximate surface area is 119 Å². The first-order valence-electron chi connectivity index (χ1n) is 7.05. The first-order chi connectivity index (χ1) is 9.81. The van der Waals surface area contributed by atoms with E-state index in [1.165, 1.54) is 12.8 Å². The summed E-state index contributed by atoms with van der Waals surface area (Å²) in [6.07, 6.45) is 1.96. The van der Waals surface area contributed by atoms with Crippen molar-refractivity contribution in [3.05, 3.63) is 60.2 Å². The molecular weight excluding hydrogens is 250 g/mol. The number of ether oxygens (including phenoxy) is 1. The lowest BCUT2D eigenvalue weighted by atomic mass is 10.1. The fourth-order valence-corrected chi connectivity index (χ4v) is 2.09. The van der Waals surface area contributed by atoms with Crippen molar-refractivity contribution >= 4 is 0 Å². The molecule has 1 fully saturated rings. The summed E-state index contributed by atoms with van der Waals surface area (Å²) in [6, 6.07) is 17.9. The van der Waals surface area contributed by atoms with E-state index in [0.717, 1.165) is 17.1 Å². The van der Waals surface area contributed by atoms with Crippen molar-refractivity contribution in [1.82, 2.24) is 5.32 Å². The SMILES string of the molecule is OC(CNC1CC1)c1cccc(Oc2ccccc2)c1. The summed E-state index contributed by atoms with van der Waals surface area (Å²) in [7, 11) is 0. The molecular formula is C17H19NO2. The van der Waals surface area contributed by atoms with Crippen LogP contribution in [0.15, 0.2) is 54.6 Å². The summed E-state index contributed by atoms with van der Waals surface area (Å²) >= 11 is 0. The monoisotopic (exact) mass is 269 g/mol. The van der Waals surface area contributed by atoms with Crippen molar-refractivity contribution in [2.24, 2.45) is 0 Å². The van der Waals surface area contributed by atoms with Crippen molar-refractivity contribution in [1.29, 1.82) is 0 Å². The normalized spacial score (nSPS) is 15.8. The fraction of sp³-hybridized carbons (Fsp3) is 0.294. The van der Waals surface area contributed by atoms with Gasteiger partial charge in [-0.3, -0.25) is 0 Å². The van der Waals surface area contributed by atoms with Crippen molar-refractivity contribution in [2.75, 3.05) is 6.54 Å². The predicted molar refractivity (Wildman–Crippen MR) is 78.9 cm³/mol. The summed E-state index contributed by atoms with van der Waals surface area (Å²) in [4.78, 5) is 0. The van der Waals surface area contributed by atoms with Gasteiger partial charge in [0.15, 0.2) is 0 Å². The zero-order valence-electron chi connectivity index (χ0n) is 11.3. The topological polar surface area (TPSA) is 41.5 Å². The van der Waals surface area contributed by atoms with Crippen LogP contribution in [0, 0.1) is 0 Å². The molecule has 104 valence electrons. The molecule has 1 aliphatic carbocycles. The number of aliphatic hydroxyl groups is 1. The summed E-state index contributed by atoms with van der Waals surface area (Å²) in [5.41, 5.74) is 0.881. The van der Waals surface area contributed by atoms with E-state index >= 15 is 0 Å². The maximum Gasteiger partial charge on any atom is 0.127 e. The molecule has 0 bridgehead atoms. The number of nitrogens with one attached hydrogen (secondary N) is 1. The molecule has 20 heavy (non-hydrogen) atoms. The van der Waals surface area contributed by atoms with E-state index < -0.39 is 6.10 Å². The molecule has 1 aliphatic rings. The minimum absolute atomic E-state index is 0.491. The first kappa shape index (κ1) is 13.2. The maximum absolute atomic E-state index is 10.2. The molecule has 0 radical (unpaired) electrons. The van der Waals surface area contributed by atoms with Crippen LogP contribution in [0.5, 0.6) is 11.5 Å². The van der Waals surface area contributed by atoms with E-state index in [-0.39, 0.29) is 0 Å². The average Bonchev–Trinajstić information content (AvgIpc) is 3.30. The van der Waals surface area contributed by atoms with Crippen LogP contribution < -0.4 is 10.1 Å². The number of para-hydroxylation sites is 1. The van der Waals surface area contributed by atoms with Crippen LogP contribution in [0.2, 0.25) is 0 Å². The number of aliphatic hydroxyl groups excluding tert-OH is 1. The van der Waals surface area contributed by atoms with Crippen LogP contribution in [0.1, 0.15) is 24.5 Å². The molecule has 0 heterocycles. The van der Waals surface area contributed by atoms with E-state index in [9.17, 15) is 5.11 Å². The lowest BCUT2D eigenvalue weighted by Crippen LogP contribution is -2.23. The molecule has 1 atom stereocenters. The van der Waals surface area contributed by atoms with Gasteiger partial charge < -0.3 is 15.2 Å². The van der Waals surface area contributed by atoms with Gasteiger partial charge >= 0.3 is 0 Å². The highest BCUT2D eigenvalue weighted by atomic mass is 16.5. The first-order valence-corrected chi connectivity index (χ1v) is 7.05. The Morgan fingerprint density at radius 3 is 2.55 bits per heavy atom. The Hall–Kier alpha value is -1.84. The Bertz CT molecular complexity index is 552. The second-order valence-corrected chi connectivity index (χ2v) is 5.19. The average molecular weight is 269 g/mol. The molecule has 0 aliphatic heterocycles. The van der Waals surface area contributed by atoms with Crippen LogP contribution in [0.3, 0.4) is 0 Å². The summed E-state index contributed by atoms with van der Waals surface area (Å²) in [5.74, 6) is 1.55. The van der Waals surface area contributed by atoms with Crippen LogP contribution in [-0.2, 0) is 0 Å². The maximum atomic E-state index is 10.2. The zero-order valence-corrected chi connectivity index (χ0v) is 11.3. The smallest absolute Gasteiger partial charge is 0.127 e. The third kappa shape index (κ3) is 3.59. The van der Waals surface area contributed by atoms with Crippen molar-refractivity contribution in [2.45, 2.75) is 25.0 Å². The third-order valence-corrected chi connectivity index (χ3v) is 3.40. The van der Waals surface area contributed by atoms with Crippen molar-refractivity contribution in [3.8, 4) is 11.5 Å². The van der Waals surface area contributed by atoms with Gasteiger partial charge in [0.1, 0.15) is 11.5 Å². The lowest BCUT2D eigenvalue weighted by molar-refractivity contribution is 0.174. The summed E-state index contributed by atoms with van der Waals surface area (Å²) in [6.45, 7) is 0.597. The molecule has 0 aromatic heterocycles. The van der Waals surface area contributed by atoms with E-state index in [1.807, 2.05) is 54.6 Å². The second kappa shape index (κ2) is 6.07. The molecule has 0 amide bonds. The van der Waals surface area contributed by atoms with E-state index in [0.29, 0.717) is 12.6 Å². The van der Waals surface area contributed by atoms with E-state index in [4.69, 9.17) is 4.74 Å². The van der Waals surface area contributed by atoms with Gasteiger partial charge in [-0.2, -0.15) is 0 Å². The van der Waals surface area contributed by atoms with Gasteiger partial charge in [-0.1, -0.05) is 30.3 Å². The largest absolute Gasteiger partial charge is 0.457 e. The summed E-state index contributed by atoms with van der Waals surface area (Å²) in [5, 5.41) is 13.5. The van der Waals surface area contributed by atoms with E-state index in [2.05, 4.69) is 5.32 Å². The Morgan fingerprint density at radius 1 is 1.05 bits per heavy atom. The quantitative estimate of drug-likeness (QED) is 0.845. The molecule has 3 heteroatoms. The molecule has 1 saturated carbocycles. The van der Waals surface area contributed by atoms with Gasteiger partial charge in [0, 0.05) is 12.6 Å². The van der Waals surface area contributed by atoms with Gasteiger partial charge in [-0.25, -0.2) is 0 Å². The number of hydrogen-bond donors (Lipinski definition) is 2. The third-order valence-electron chi connectivity index (χ3n) is 3.40. The molecule has 2 aromatic carbocycles. The zero-order chi connectivity index (χ0) is 13.8. The van der Waals surface area contributed by atoms with Crippen molar-refractivity contribution < 1.29 is 9.84 Å². The Balaban J connectivity index is 1.65. The predicted octanol–water partition coefficient (Wildman–Crippen LogP) is 3.26. The molecule has 1 unspecified atom stereocenters. The lowest BCUT2D eigenvalue weighted by Gasteiger charge is -2.13. The molecule has 2 N–H and O–H groups in total. The number of hydrogen-bond acceptors (Lipinski definition) is 3. The van der Waals surface area contributed by atoms with Crippen LogP contribution in [0.25, 0.3) is 0 Å². The van der Waals surface area contributed by atoms with Gasteiger partial charge in [0.05, 0.1) is 6.10 Å². The van der Waals surface area contributed by atoms with Gasteiger partial charge in [-0.05, 0) is 42.7 Å². The molecule has 3 nitrogen and oxygen atoms in total. The number of benzene rings is 2. The highest BCUT2D eigenvalue weighted by Gasteiger charge is 2.21. The summed E-state index contributed by atoms with van der Waals surface area (Å²) < 4.78 is 5.78. The minimum atomic E-state index is -0.491. The molecule has 3 rings (SSSR count). The fourth-order valence-electron chi connectivity index (χ4n) is 2.09.